The molecule has 0 atom stereocenters. The minimum absolute atomic E-state index is 0.192. The van der Waals surface area contributed by atoms with Crippen LogP contribution in [0.4, 0.5) is 5.69 Å². The summed E-state index contributed by atoms with van der Waals surface area (Å²) >= 11 is 0. The first kappa shape index (κ1) is 15.5. The maximum absolute atomic E-state index is 12.4. The van der Waals surface area contributed by atoms with Crippen LogP contribution in [0, 0.1) is 0 Å². The number of aromatic amines is 1. The van der Waals surface area contributed by atoms with Gasteiger partial charge in [0.25, 0.3) is 5.91 Å². The zero-order chi connectivity index (χ0) is 16.9. The minimum atomic E-state index is -0.973. The van der Waals surface area contributed by atoms with Gasteiger partial charge < -0.3 is 10.4 Å². The van der Waals surface area contributed by atoms with Crippen molar-refractivity contribution in [1.29, 1.82) is 0 Å². The van der Waals surface area contributed by atoms with Crippen molar-refractivity contribution in [1.82, 2.24) is 10.2 Å². The number of aliphatic carboxylic acids is 1. The van der Waals surface area contributed by atoms with Crippen molar-refractivity contribution >= 4 is 17.6 Å². The van der Waals surface area contributed by atoms with Gasteiger partial charge in [-0.05, 0) is 35.4 Å². The molecule has 0 spiro atoms. The molecular formula is C18H15N3O3. The van der Waals surface area contributed by atoms with E-state index in [1.54, 1.807) is 42.6 Å². The normalized spacial score (nSPS) is 10.3. The second kappa shape index (κ2) is 6.78. The number of carbonyl (C=O) groups excluding carboxylic acids is 1. The lowest BCUT2D eigenvalue weighted by molar-refractivity contribution is -0.136. The highest BCUT2D eigenvalue weighted by Gasteiger charge is 2.13. The standard InChI is InChI=1S/C18H15N3O3/c22-17(23)11-13-3-1-2-4-15(13)18(24)20-14-7-5-12(6-8-14)16-9-10-19-21-16/h1-10H,11H2,(H,19,21)(H,20,24)(H,22,23). The van der Waals surface area contributed by atoms with Crippen LogP contribution in [0.25, 0.3) is 11.3 Å². The van der Waals surface area contributed by atoms with Crippen LogP contribution < -0.4 is 5.32 Å². The Balaban J connectivity index is 1.77. The zero-order valence-corrected chi connectivity index (χ0v) is 12.7. The quantitative estimate of drug-likeness (QED) is 0.673. The van der Waals surface area contributed by atoms with Gasteiger partial charge in [0.2, 0.25) is 0 Å². The summed E-state index contributed by atoms with van der Waals surface area (Å²) in [6.45, 7) is 0. The molecular weight excluding hydrogens is 306 g/mol. The third kappa shape index (κ3) is 3.49. The van der Waals surface area contributed by atoms with Crippen molar-refractivity contribution in [2.75, 3.05) is 5.32 Å². The van der Waals surface area contributed by atoms with Gasteiger partial charge in [0.05, 0.1) is 12.1 Å². The fourth-order valence-electron chi connectivity index (χ4n) is 2.41. The van der Waals surface area contributed by atoms with Gasteiger partial charge in [-0.3, -0.25) is 14.7 Å². The van der Waals surface area contributed by atoms with Gasteiger partial charge in [0.1, 0.15) is 0 Å². The molecule has 6 heteroatoms. The summed E-state index contributed by atoms with van der Waals surface area (Å²) in [6.07, 6.45) is 1.48. The van der Waals surface area contributed by atoms with Gasteiger partial charge in [-0.1, -0.05) is 30.3 Å². The van der Waals surface area contributed by atoms with Crippen LogP contribution in [0.15, 0.2) is 60.8 Å². The summed E-state index contributed by atoms with van der Waals surface area (Å²) < 4.78 is 0. The maximum atomic E-state index is 12.4. The highest BCUT2D eigenvalue weighted by Crippen LogP contribution is 2.20. The van der Waals surface area contributed by atoms with Gasteiger partial charge in [-0.15, -0.1) is 0 Å². The Kier molecular flexibility index (Phi) is 4.38. The summed E-state index contributed by atoms with van der Waals surface area (Å²) in [4.78, 5) is 23.3. The van der Waals surface area contributed by atoms with E-state index in [1.807, 2.05) is 18.2 Å². The number of aromatic nitrogens is 2. The molecule has 0 radical (unpaired) electrons. The van der Waals surface area contributed by atoms with E-state index in [1.165, 1.54) is 0 Å². The molecule has 3 aromatic rings. The Bertz CT molecular complexity index is 855. The number of amides is 1. The van der Waals surface area contributed by atoms with E-state index in [0.29, 0.717) is 16.8 Å². The number of rotatable bonds is 5. The van der Waals surface area contributed by atoms with E-state index in [0.717, 1.165) is 11.3 Å². The molecule has 0 fully saturated rings. The van der Waals surface area contributed by atoms with Crippen LogP contribution in [0.5, 0.6) is 0 Å². The van der Waals surface area contributed by atoms with E-state index in [-0.39, 0.29) is 12.3 Å². The first-order valence-electron chi connectivity index (χ1n) is 7.34. The molecule has 3 rings (SSSR count). The van der Waals surface area contributed by atoms with Gasteiger partial charge in [-0.25, -0.2) is 0 Å². The largest absolute Gasteiger partial charge is 0.481 e. The van der Waals surface area contributed by atoms with Crippen LogP contribution in [0.2, 0.25) is 0 Å². The number of hydrogen-bond donors (Lipinski definition) is 3. The lowest BCUT2D eigenvalue weighted by Gasteiger charge is -2.09. The van der Waals surface area contributed by atoms with Crippen LogP contribution in [-0.4, -0.2) is 27.2 Å². The first-order chi connectivity index (χ1) is 11.6. The molecule has 1 amide bonds. The Morgan fingerprint density at radius 2 is 1.79 bits per heavy atom. The monoisotopic (exact) mass is 321 g/mol. The van der Waals surface area contributed by atoms with Crippen molar-refractivity contribution in [3.05, 3.63) is 71.9 Å². The fraction of sp³-hybridized carbons (Fsp3) is 0.0556. The van der Waals surface area contributed by atoms with Crippen LogP contribution >= 0.6 is 0 Å². The molecule has 3 N–H and O–H groups in total. The molecule has 1 aromatic heterocycles. The van der Waals surface area contributed by atoms with Gasteiger partial charge >= 0.3 is 5.97 Å². The maximum Gasteiger partial charge on any atom is 0.307 e. The van der Waals surface area contributed by atoms with E-state index >= 15 is 0 Å². The number of carboxylic acids is 1. The summed E-state index contributed by atoms with van der Waals surface area (Å²) in [7, 11) is 0. The van der Waals surface area contributed by atoms with E-state index in [2.05, 4.69) is 15.5 Å². The average Bonchev–Trinajstić information content (AvgIpc) is 3.10. The third-order valence-corrected chi connectivity index (χ3v) is 3.56. The van der Waals surface area contributed by atoms with Crippen molar-refractivity contribution in [3.8, 4) is 11.3 Å². The Morgan fingerprint density at radius 1 is 1.04 bits per heavy atom. The molecule has 0 unspecified atom stereocenters. The second-order valence-corrected chi connectivity index (χ2v) is 5.23. The minimum Gasteiger partial charge on any atom is -0.481 e. The van der Waals surface area contributed by atoms with Crippen molar-refractivity contribution in [2.24, 2.45) is 0 Å². The molecule has 2 aromatic carbocycles. The highest BCUT2D eigenvalue weighted by atomic mass is 16.4. The smallest absolute Gasteiger partial charge is 0.307 e. The first-order valence-corrected chi connectivity index (χ1v) is 7.34. The summed E-state index contributed by atoms with van der Waals surface area (Å²) in [6, 6.07) is 15.9. The number of carboxylic acid groups (broad SMARTS) is 1. The fourth-order valence-corrected chi connectivity index (χ4v) is 2.41. The molecule has 1 heterocycles. The van der Waals surface area contributed by atoms with Gasteiger partial charge in [0, 0.05) is 17.4 Å². The molecule has 0 aliphatic carbocycles. The third-order valence-electron chi connectivity index (χ3n) is 3.56. The van der Waals surface area contributed by atoms with Crippen LogP contribution in [0.3, 0.4) is 0 Å². The topological polar surface area (TPSA) is 95.1 Å². The number of carbonyl (C=O) groups is 2. The molecule has 120 valence electrons. The molecule has 0 aliphatic rings. The average molecular weight is 321 g/mol. The molecule has 0 bridgehead atoms. The lowest BCUT2D eigenvalue weighted by Crippen LogP contribution is -2.15. The zero-order valence-electron chi connectivity index (χ0n) is 12.7. The number of anilines is 1. The van der Waals surface area contributed by atoms with Crippen LogP contribution in [0.1, 0.15) is 15.9 Å². The predicted molar refractivity (Wildman–Crippen MR) is 89.8 cm³/mol. The van der Waals surface area contributed by atoms with Crippen molar-refractivity contribution in [3.63, 3.8) is 0 Å². The molecule has 6 nitrogen and oxygen atoms in total. The molecule has 0 saturated heterocycles. The van der Waals surface area contributed by atoms with Crippen LogP contribution in [-0.2, 0) is 11.2 Å². The van der Waals surface area contributed by atoms with E-state index in [9.17, 15) is 9.59 Å². The molecule has 0 aliphatic heterocycles. The number of nitrogens with one attached hydrogen (secondary N) is 2. The predicted octanol–water partition coefficient (Wildman–Crippen LogP) is 2.96. The SMILES string of the molecule is O=C(O)Cc1ccccc1C(=O)Nc1ccc(-c2ccn[nH]2)cc1. The summed E-state index contributed by atoms with van der Waals surface area (Å²) in [5.41, 5.74) is 3.32. The molecule has 0 saturated carbocycles. The molecule has 24 heavy (non-hydrogen) atoms. The lowest BCUT2D eigenvalue weighted by atomic mass is 10.0. The number of nitrogens with zero attached hydrogens (tertiary/aromatic N) is 1. The van der Waals surface area contributed by atoms with Crippen molar-refractivity contribution in [2.45, 2.75) is 6.42 Å². The Morgan fingerprint density at radius 3 is 2.46 bits per heavy atom. The van der Waals surface area contributed by atoms with Crippen molar-refractivity contribution < 1.29 is 14.7 Å². The summed E-state index contributed by atoms with van der Waals surface area (Å²) in [5.74, 6) is -1.31. The number of hydrogen-bond acceptors (Lipinski definition) is 3. The van der Waals surface area contributed by atoms with Gasteiger partial charge in [-0.2, -0.15) is 5.10 Å². The van der Waals surface area contributed by atoms with E-state index in [4.69, 9.17) is 5.11 Å². The summed E-state index contributed by atoms with van der Waals surface area (Å²) in [5, 5.41) is 18.5. The Hall–Kier alpha value is -3.41. The Labute approximate surface area is 138 Å². The number of H-pyrrole nitrogens is 1. The number of benzene rings is 2. The van der Waals surface area contributed by atoms with Gasteiger partial charge in [0.15, 0.2) is 0 Å². The highest BCUT2D eigenvalue weighted by molar-refractivity contribution is 6.05. The second-order valence-electron chi connectivity index (χ2n) is 5.23. The van der Waals surface area contributed by atoms with E-state index < -0.39 is 5.97 Å².